The first kappa shape index (κ1) is 22.2. The number of carbonyl (C=O) groups excluding carboxylic acids is 1. The molecule has 1 aromatic heterocycles. The SMILES string of the molecule is CC(C)(C)c1ccccc1N1CCN(C(=O)c2ncoc2C2CCN(C(=O)O)CC2)CC1. The molecule has 2 saturated heterocycles. The minimum absolute atomic E-state index is 0.0204. The average molecular weight is 441 g/mol. The third-order valence-corrected chi connectivity index (χ3v) is 6.55. The number of benzene rings is 1. The van der Waals surface area contributed by atoms with E-state index in [4.69, 9.17) is 9.52 Å². The van der Waals surface area contributed by atoms with Crippen molar-refractivity contribution in [2.75, 3.05) is 44.2 Å². The number of hydrogen-bond donors (Lipinski definition) is 1. The van der Waals surface area contributed by atoms with Crippen LogP contribution in [0.4, 0.5) is 10.5 Å². The minimum atomic E-state index is -0.900. The molecular weight excluding hydrogens is 408 g/mol. The average Bonchev–Trinajstić information content (AvgIpc) is 3.28. The molecule has 2 amide bonds. The lowest BCUT2D eigenvalue weighted by Gasteiger charge is -2.38. The molecule has 32 heavy (non-hydrogen) atoms. The summed E-state index contributed by atoms with van der Waals surface area (Å²) in [6.07, 6.45) is 1.71. The standard InChI is InChI=1S/C24H32N4O4/c1-24(2,3)18-6-4-5-7-19(18)26-12-14-27(15-13-26)22(29)20-21(32-16-25-20)17-8-10-28(11-9-17)23(30)31/h4-7,16-17H,8-15H2,1-3H3,(H,30,31). The van der Waals surface area contributed by atoms with Crippen LogP contribution in [0.1, 0.15) is 61.3 Å². The normalized spacial score (nSPS) is 18.2. The molecule has 172 valence electrons. The highest BCUT2D eigenvalue weighted by Gasteiger charge is 2.33. The van der Waals surface area contributed by atoms with Crippen LogP contribution in [0.5, 0.6) is 0 Å². The van der Waals surface area contributed by atoms with E-state index >= 15 is 0 Å². The molecule has 0 aliphatic carbocycles. The number of anilines is 1. The van der Waals surface area contributed by atoms with Crippen LogP contribution in [0.2, 0.25) is 0 Å². The van der Waals surface area contributed by atoms with Crippen LogP contribution in [-0.2, 0) is 5.41 Å². The summed E-state index contributed by atoms with van der Waals surface area (Å²) in [5, 5.41) is 9.16. The second-order valence-corrected chi connectivity index (χ2v) is 9.66. The van der Waals surface area contributed by atoms with Gasteiger partial charge in [-0.05, 0) is 29.9 Å². The van der Waals surface area contributed by atoms with E-state index < -0.39 is 6.09 Å². The highest BCUT2D eigenvalue weighted by molar-refractivity contribution is 5.93. The number of likely N-dealkylation sites (tertiary alicyclic amines) is 1. The highest BCUT2D eigenvalue weighted by Crippen LogP contribution is 2.33. The monoisotopic (exact) mass is 440 g/mol. The summed E-state index contributed by atoms with van der Waals surface area (Å²) in [5.41, 5.74) is 2.98. The van der Waals surface area contributed by atoms with E-state index in [9.17, 15) is 9.59 Å². The van der Waals surface area contributed by atoms with Gasteiger partial charge in [-0.2, -0.15) is 0 Å². The van der Waals surface area contributed by atoms with Crippen molar-refractivity contribution in [3.8, 4) is 0 Å². The second kappa shape index (κ2) is 8.84. The Hall–Kier alpha value is -3.03. The number of piperidine rings is 1. The fourth-order valence-corrected chi connectivity index (χ4v) is 4.72. The number of hydrogen-bond acceptors (Lipinski definition) is 5. The van der Waals surface area contributed by atoms with Gasteiger partial charge in [-0.3, -0.25) is 4.79 Å². The van der Waals surface area contributed by atoms with E-state index in [0.717, 1.165) is 13.1 Å². The van der Waals surface area contributed by atoms with E-state index in [-0.39, 0.29) is 17.2 Å². The van der Waals surface area contributed by atoms with Crippen LogP contribution >= 0.6 is 0 Å². The molecule has 0 bridgehead atoms. The number of amides is 2. The molecule has 1 N–H and O–H groups in total. The van der Waals surface area contributed by atoms with Crippen LogP contribution in [0, 0.1) is 0 Å². The maximum absolute atomic E-state index is 13.2. The smallest absolute Gasteiger partial charge is 0.407 e. The van der Waals surface area contributed by atoms with Gasteiger partial charge in [0, 0.05) is 50.9 Å². The van der Waals surface area contributed by atoms with E-state index in [2.05, 4.69) is 54.9 Å². The zero-order valence-corrected chi connectivity index (χ0v) is 19.1. The first-order chi connectivity index (χ1) is 15.3. The van der Waals surface area contributed by atoms with Crippen molar-refractivity contribution in [1.29, 1.82) is 0 Å². The van der Waals surface area contributed by atoms with Crippen molar-refractivity contribution in [2.24, 2.45) is 0 Å². The van der Waals surface area contributed by atoms with Gasteiger partial charge in [0.05, 0.1) is 0 Å². The highest BCUT2D eigenvalue weighted by atomic mass is 16.4. The van der Waals surface area contributed by atoms with Crippen molar-refractivity contribution in [3.63, 3.8) is 0 Å². The molecule has 8 nitrogen and oxygen atoms in total. The summed E-state index contributed by atoms with van der Waals surface area (Å²) >= 11 is 0. The van der Waals surface area contributed by atoms with Gasteiger partial charge < -0.3 is 24.2 Å². The maximum atomic E-state index is 13.2. The Bertz CT molecular complexity index is 964. The topological polar surface area (TPSA) is 90.1 Å². The minimum Gasteiger partial charge on any atom is -0.465 e. The number of oxazole rings is 1. The van der Waals surface area contributed by atoms with Crippen LogP contribution in [0.15, 0.2) is 35.1 Å². The van der Waals surface area contributed by atoms with E-state index in [1.54, 1.807) is 0 Å². The first-order valence-electron chi connectivity index (χ1n) is 11.3. The lowest BCUT2D eigenvalue weighted by atomic mass is 9.85. The third-order valence-electron chi connectivity index (χ3n) is 6.55. The number of rotatable bonds is 3. The van der Waals surface area contributed by atoms with E-state index in [0.29, 0.717) is 50.5 Å². The number of nitrogens with zero attached hydrogens (tertiary/aromatic N) is 4. The lowest BCUT2D eigenvalue weighted by Crippen LogP contribution is -2.49. The Kier molecular flexibility index (Phi) is 6.13. The van der Waals surface area contributed by atoms with E-state index in [1.165, 1.54) is 22.5 Å². The zero-order chi connectivity index (χ0) is 22.9. The molecule has 0 unspecified atom stereocenters. The van der Waals surface area contributed by atoms with Gasteiger partial charge in [-0.1, -0.05) is 39.0 Å². The van der Waals surface area contributed by atoms with Gasteiger partial charge in [0.2, 0.25) is 0 Å². The maximum Gasteiger partial charge on any atom is 0.407 e. The summed E-state index contributed by atoms with van der Waals surface area (Å²) in [6.45, 7) is 10.3. The summed E-state index contributed by atoms with van der Waals surface area (Å²) in [5.74, 6) is 0.519. The first-order valence-corrected chi connectivity index (χ1v) is 11.3. The lowest BCUT2D eigenvalue weighted by molar-refractivity contribution is 0.0736. The van der Waals surface area contributed by atoms with Gasteiger partial charge in [0.25, 0.3) is 5.91 Å². The van der Waals surface area contributed by atoms with Gasteiger partial charge in [-0.15, -0.1) is 0 Å². The number of carbonyl (C=O) groups is 2. The molecule has 0 radical (unpaired) electrons. The molecule has 4 rings (SSSR count). The third kappa shape index (κ3) is 4.45. The van der Waals surface area contributed by atoms with Crippen molar-refractivity contribution >= 4 is 17.7 Å². The van der Waals surface area contributed by atoms with Crippen molar-refractivity contribution in [3.05, 3.63) is 47.7 Å². The fourth-order valence-electron chi connectivity index (χ4n) is 4.72. The molecule has 2 aromatic rings. The van der Waals surface area contributed by atoms with E-state index in [1.807, 2.05) is 4.90 Å². The molecule has 3 heterocycles. The van der Waals surface area contributed by atoms with Crippen LogP contribution in [-0.4, -0.2) is 71.2 Å². The predicted molar refractivity (Wildman–Crippen MR) is 121 cm³/mol. The number of carboxylic acid groups (broad SMARTS) is 1. The Balaban J connectivity index is 1.42. The number of piperazine rings is 1. The number of para-hydroxylation sites is 1. The Labute approximate surface area is 188 Å². The summed E-state index contributed by atoms with van der Waals surface area (Å²) in [6, 6.07) is 8.50. The van der Waals surface area contributed by atoms with Gasteiger partial charge >= 0.3 is 6.09 Å². The molecule has 0 atom stereocenters. The zero-order valence-electron chi connectivity index (χ0n) is 19.1. The van der Waals surface area contributed by atoms with Crippen molar-refractivity contribution in [2.45, 2.75) is 44.9 Å². The van der Waals surface area contributed by atoms with Crippen molar-refractivity contribution in [1.82, 2.24) is 14.8 Å². The fraction of sp³-hybridized carbons (Fsp3) is 0.542. The summed E-state index contributed by atoms with van der Waals surface area (Å²) in [4.78, 5) is 34.3. The molecule has 2 fully saturated rings. The van der Waals surface area contributed by atoms with Crippen LogP contribution in [0.3, 0.4) is 0 Å². The van der Waals surface area contributed by atoms with Gasteiger partial charge in [-0.25, -0.2) is 9.78 Å². The largest absolute Gasteiger partial charge is 0.465 e. The van der Waals surface area contributed by atoms with Crippen LogP contribution < -0.4 is 4.90 Å². The Morgan fingerprint density at radius 2 is 1.66 bits per heavy atom. The van der Waals surface area contributed by atoms with Crippen molar-refractivity contribution < 1.29 is 19.1 Å². The molecular formula is C24H32N4O4. The second-order valence-electron chi connectivity index (χ2n) is 9.66. The summed E-state index contributed by atoms with van der Waals surface area (Å²) in [7, 11) is 0. The number of aromatic nitrogens is 1. The Morgan fingerprint density at radius 1 is 1.00 bits per heavy atom. The molecule has 0 spiro atoms. The predicted octanol–water partition coefficient (Wildman–Crippen LogP) is 3.79. The van der Waals surface area contributed by atoms with Gasteiger partial charge in [0.1, 0.15) is 5.76 Å². The molecule has 2 aliphatic rings. The summed E-state index contributed by atoms with van der Waals surface area (Å²) < 4.78 is 5.62. The molecule has 0 saturated carbocycles. The molecule has 1 aromatic carbocycles. The molecule has 2 aliphatic heterocycles. The molecule has 8 heteroatoms. The quantitative estimate of drug-likeness (QED) is 0.781. The van der Waals surface area contributed by atoms with Crippen LogP contribution in [0.25, 0.3) is 0 Å². The van der Waals surface area contributed by atoms with Gasteiger partial charge in [0.15, 0.2) is 12.1 Å². The Morgan fingerprint density at radius 3 is 2.28 bits per heavy atom.